The maximum Gasteiger partial charge on any atom is 0.573 e. The molecule has 18 heteroatoms. The molecule has 4 amide bonds. The third-order valence-electron chi connectivity index (χ3n) is 10.3. The van der Waals surface area contributed by atoms with Crippen molar-refractivity contribution in [2.75, 3.05) is 11.9 Å². The molecule has 1 unspecified atom stereocenters. The van der Waals surface area contributed by atoms with Gasteiger partial charge < -0.3 is 25.0 Å². The number of amides is 4. The largest absolute Gasteiger partial charge is 0.573 e. The lowest BCUT2D eigenvalue weighted by molar-refractivity contribution is -0.274. The van der Waals surface area contributed by atoms with Crippen molar-refractivity contribution < 1.29 is 54.6 Å². The third-order valence-corrected chi connectivity index (χ3v) is 12.2. The SMILES string of the molecule is CCC1C[C@]1(NC(=O)[C@@H]1C[C@@H](OC(=O)N2Cc3cccc(F)c3C2)CN1C(=O)[C@@H](Nc1cccc(OC(F)(F)F)c1)C(C)(C)C)C(=O)NS(=O)(=O)C1CC1. The number of hydrogen-bond donors (Lipinski definition) is 3. The number of carbonyl (C=O) groups excluding carboxylic acids is 4. The molecule has 0 radical (unpaired) electrons. The number of nitrogens with one attached hydrogen (secondary N) is 3. The number of sulfonamides is 1. The van der Waals surface area contributed by atoms with Gasteiger partial charge in [-0.1, -0.05) is 52.3 Å². The van der Waals surface area contributed by atoms with Crippen LogP contribution in [-0.4, -0.2) is 83.9 Å². The van der Waals surface area contributed by atoms with Crippen LogP contribution < -0.4 is 20.1 Å². The molecule has 2 saturated carbocycles. The number of ether oxygens (including phenoxy) is 2. The maximum absolute atomic E-state index is 14.5. The average Bonchev–Trinajstić information content (AvgIpc) is 3.96. The smallest absolute Gasteiger partial charge is 0.444 e. The van der Waals surface area contributed by atoms with Gasteiger partial charge in [0.1, 0.15) is 35.3 Å². The number of nitrogens with zero attached hydrogens (tertiary/aromatic N) is 2. The Labute approximate surface area is 310 Å². The van der Waals surface area contributed by atoms with E-state index in [4.69, 9.17) is 4.74 Å². The minimum atomic E-state index is -4.96. The summed E-state index contributed by atoms with van der Waals surface area (Å²) in [6.45, 7) is 6.68. The minimum Gasteiger partial charge on any atom is -0.444 e. The molecule has 3 fully saturated rings. The molecular formula is C36H43F4N5O8S. The molecule has 0 aromatic heterocycles. The van der Waals surface area contributed by atoms with E-state index in [2.05, 4.69) is 20.1 Å². The quantitative estimate of drug-likeness (QED) is 0.278. The number of halogens is 4. The summed E-state index contributed by atoms with van der Waals surface area (Å²) in [6.07, 6.45) is -5.55. The van der Waals surface area contributed by atoms with Crippen molar-refractivity contribution in [3.8, 4) is 5.75 Å². The first-order valence-electron chi connectivity index (χ1n) is 17.7. The Morgan fingerprint density at radius 1 is 1.04 bits per heavy atom. The van der Waals surface area contributed by atoms with E-state index in [1.54, 1.807) is 33.8 Å². The first-order chi connectivity index (χ1) is 25.2. The molecule has 6 rings (SSSR count). The first kappa shape index (κ1) is 39.1. The standard InChI is InChI=1S/C36H43F4N5O8S/c1-5-21-16-35(21,32(48)43-54(50,51)25-12-13-25)42-30(46)28-15-24(52-33(49)44-17-20-8-6-11-27(37)26(20)19-44)18-45(28)31(47)29(34(2,3)4)41-22-9-7-10-23(14-22)53-36(38,39)40/h6-11,14,21,24-25,28-29,41H,5,12-13,15-19H2,1-4H3,(H,42,46)(H,43,48)/t21?,24-,28+,29-,35-/m1/s1. The molecular weight excluding hydrogens is 738 g/mol. The Hall–Kier alpha value is -4.61. The monoisotopic (exact) mass is 781 g/mol. The molecule has 2 aliphatic heterocycles. The van der Waals surface area contributed by atoms with Crippen LogP contribution in [0.25, 0.3) is 0 Å². The number of anilines is 1. The van der Waals surface area contributed by atoms with Gasteiger partial charge in [0.25, 0.3) is 5.91 Å². The van der Waals surface area contributed by atoms with Gasteiger partial charge >= 0.3 is 12.5 Å². The third kappa shape index (κ3) is 8.37. The fourth-order valence-corrected chi connectivity index (χ4v) is 8.53. The van der Waals surface area contributed by atoms with E-state index in [1.807, 2.05) is 0 Å². The summed E-state index contributed by atoms with van der Waals surface area (Å²) in [7, 11) is -3.94. The first-order valence-corrected chi connectivity index (χ1v) is 19.3. The second kappa shape index (κ2) is 14.2. The van der Waals surface area contributed by atoms with Crippen molar-refractivity contribution in [1.29, 1.82) is 0 Å². The van der Waals surface area contributed by atoms with Crippen LogP contribution in [0.2, 0.25) is 0 Å². The van der Waals surface area contributed by atoms with E-state index in [0.29, 0.717) is 30.4 Å². The van der Waals surface area contributed by atoms with Gasteiger partial charge in [0.15, 0.2) is 0 Å². The summed E-state index contributed by atoms with van der Waals surface area (Å²) in [6, 6.07) is 6.98. The van der Waals surface area contributed by atoms with Crippen molar-refractivity contribution in [2.45, 2.75) is 108 Å². The minimum absolute atomic E-state index is 0.0486. The summed E-state index contributed by atoms with van der Waals surface area (Å²) >= 11 is 0. The fourth-order valence-electron chi connectivity index (χ4n) is 7.16. The van der Waals surface area contributed by atoms with Gasteiger partial charge in [0, 0.05) is 30.3 Å². The zero-order valence-corrected chi connectivity index (χ0v) is 31.0. The number of fused-ring (bicyclic) bond motifs is 1. The van der Waals surface area contributed by atoms with Crippen LogP contribution in [0.4, 0.5) is 28.0 Å². The Morgan fingerprint density at radius 3 is 2.35 bits per heavy atom. The summed E-state index contributed by atoms with van der Waals surface area (Å²) in [4.78, 5) is 58.0. The molecule has 3 N–H and O–H groups in total. The predicted octanol–water partition coefficient (Wildman–Crippen LogP) is 4.57. The van der Waals surface area contributed by atoms with Crippen LogP contribution in [0, 0.1) is 17.2 Å². The molecule has 5 atom stereocenters. The molecule has 13 nitrogen and oxygen atoms in total. The fraction of sp³-hybridized carbons (Fsp3) is 0.556. The van der Waals surface area contributed by atoms with E-state index >= 15 is 0 Å². The predicted molar refractivity (Wildman–Crippen MR) is 185 cm³/mol. The molecule has 2 aliphatic carbocycles. The molecule has 2 aromatic carbocycles. The molecule has 4 aliphatic rings. The van der Waals surface area contributed by atoms with E-state index in [-0.39, 0.29) is 44.1 Å². The second-order valence-electron chi connectivity index (χ2n) is 15.4. The summed E-state index contributed by atoms with van der Waals surface area (Å²) < 4.78 is 90.7. The van der Waals surface area contributed by atoms with Crippen molar-refractivity contribution in [3.05, 3.63) is 59.4 Å². The highest BCUT2D eigenvalue weighted by Gasteiger charge is 2.62. The van der Waals surface area contributed by atoms with Gasteiger partial charge in [-0.15, -0.1) is 13.2 Å². The van der Waals surface area contributed by atoms with Gasteiger partial charge in [0.05, 0.1) is 18.3 Å². The molecule has 2 aromatic rings. The number of rotatable bonds is 11. The number of hydrogen-bond acceptors (Lipinski definition) is 9. The van der Waals surface area contributed by atoms with Crippen molar-refractivity contribution in [1.82, 2.24) is 19.8 Å². The Morgan fingerprint density at radius 2 is 1.74 bits per heavy atom. The highest BCUT2D eigenvalue weighted by atomic mass is 32.2. The van der Waals surface area contributed by atoms with Crippen LogP contribution in [-0.2, 0) is 42.2 Å². The van der Waals surface area contributed by atoms with E-state index < -0.39 is 86.2 Å². The summed E-state index contributed by atoms with van der Waals surface area (Å²) in [5.74, 6) is -3.69. The highest BCUT2D eigenvalue weighted by molar-refractivity contribution is 7.91. The topological polar surface area (TPSA) is 163 Å². The van der Waals surface area contributed by atoms with E-state index in [0.717, 1.165) is 12.1 Å². The van der Waals surface area contributed by atoms with Gasteiger partial charge in [-0.25, -0.2) is 17.6 Å². The Kier molecular flexibility index (Phi) is 10.3. The molecule has 294 valence electrons. The lowest BCUT2D eigenvalue weighted by atomic mass is 9.85. The van der Waals surface area contributed by atoms with Gasteiger partial charge in [-0.3, -0.25) is 24.0 Å². The molecule has 1 saturated heterocycles. The lowest BCUT2D eigenvalue weighted by Gasteiger charge is -2.36. The van der Waals surface area contributed by atoms with Crippen molar-refractivity contribution in [2.24, 2.45) is 11.3 Å². The van der Waals surface area contributed by atoms with Gasteiger partial charge in [-0.2, -0.15) is 0 Å². The Bertz CT molecular complexity index is 1940. The maximum atomic E-state index is 14.5. The zero-order chi connectivity index (χ0) is 39.4. The summed E-state index contributed by atoms with van der Waals surface area (Å²) in [5, 5.41) is 5.03. The number of likely N-dealkylation sites (tertiary alicyclic amines) is 1. The van der Waals surface area contributed by atoms with E-state index in [9.17, 15) is 45.2 Å². The lowest BCUT2D eigenvalue weighted by Crippen LogP contribution is -2.58. The normalized spacial score (nSPS) is 24.3. The van der Waals surface area contributed by atoms with Crippen LogP contribution in [0.1, 0.15) is 70.9 Å². The number of carbonyl (C=O) groups is 4. The Balaban J connectivity index is 1.25. The molecule has 0 bridgehead atoms. The highest BCUT2D eigenvalue weighted by Crippen LogP contribution is 2.47. The number of alkyl halides is 3. The van der Waals surface area contributed by atoms with Crippen LogP contribution in [0.5, 0.6) is 5.75 Å². The number of benzene rings is 2. The van der Waals surface area contributed by atoms with Crippen molar-refractivity contribution >= 4 is 39.5 Å². The molecule has 54 heavy (non-hydrogen) atoms. The van der Waals surface area contributed by atoms with Crippen LogP contribution in [0.3, 0.4) is 0 Å². The van der Waals surface area contributed by atoms with Crippen LogP contribution in [0.15, 0.2) is 42.5 Å². The zero-order valence-electron chi connectivity index (χ0n) is 30.2. The molecule has 0 spiro atoms. The molecule has 2 heterocycles. The van der Waals surface area contributed by atoms with Gasteiger partial charge in [0.2, 0.25) is 21.8 Å². The van der Waals surface area contributed by atoms with E-state index in [1.165, 1.54) is 34.1 Å². The second-order valence-corrected chi connectivity index (χ2v) is 17.4. The van der Waals surface area contributed by atoms with Crippen LogP contribution >= 0.6 is 0 Å². The van der Waals surface area contributed by atoms with Gasteiger partial charge in [-0.05, 0) is 54.4 Å². The van der Waals surface area contributed by atoms with Crippen molar-refractivity contribution in [3.63, 3.8) is 0 Å². The average molecular weight is 782 g/mol. The summed E-state index contributed by atoms with van der Waals surface area (Å²) in [5.41, 5.74) is -1.38.